The van der Waals surface area contributed by atoms with Crippen LogP contribution in [-0.4, -0.2) is 50.9 Å². The second kappa shape index (κ2) is 14.9. The number of carbonyl (C=O) groups is 2. The third kappa shape index (κ3) is 8.30. The molecule has 0 fully saturated rings. The van der Waals surface area contributed by atoms with Crippen LogP contribution in [-0.2, 0) is 32.6 Å². The van der Waals surface area contributed by atoms with Gasteiger partial charge >= 0.3 is 0 Å². The van der Waals surface area contributed by atoms with E-state index in [1.54, 1.807) is 30.3 Å². The van der Waals surface area contributed by atoms with Crippen LogP contribution in [0.25, 0.3) is 0 Å². The zero-order valence-corrected chi connectivity index (χ0v) is 27.3. The number of rotatable bonds is 13. The Morgan fingerprint density at radius 3 is 2.09 bits per heavy atom. The van der Waals surface area contributed by atoms with Crippen molar-refractivity contribution in [2.24, 2.45) is 0 Å². The van der Waals surface area contributed by atoms with Gasteiger partial charge in [-0.05, 0) is 74.2 Å². The molecule has 0 saturated carbocycles. The molecule has 0 heterocycles. The summed E-state index contributed by atoms with van der Waals surface area (Å²) in [7, 11) is -2.77. The van der Waals surface area contributed by atoms with Crippen molar-refractivity contribution in [1.29, 1.82) is 0 Å². The highest BCUT2D eigenvalue weighted by Gasteiger charge is 2.36. The topological polar surface area (TPSA) is 96.0 Å². The molecule has 8 nitrogen and oxygen atoms in total. The summed E-state index contributed by atoms with van der Waals surface area (Å²) in [6, 6.07) is 29.2. The summed E-state index contributed by atoms with van der Waals surface area (Å²) < 4.78 is 35.2. The van der Waals surface area contributed by atoms with Gasteiger partial charge in [-0.25, -0.2) is 8.42 Å². The molecule has 0 bridgehead atoms. The Morgan fingerprint density at radius 2 is 1.47 bits per heavy atom. The number of hydrogen-bond acceptors (Lipinski definition) is 5. The van der Waals surface area contributed by atoms with Crippen molar-refractivity contribution in [3.05, 3.63) is 125 Å². The van der Waals surface area contributed by atoms with E-state index >= 15 is 0 Å². The molecular formula is C36H41N3O5S. The van der Waals surface area contributed by atoms with Crippen LogP contribution >= 0.6 is 0 Å². The van der Waals surface area contributed by atoms with Crippen LogP contribution in [0.4, 0.5) is 5.69 Å². The van der Waals surface area contributed by atoms with E-state index in [2.05, 4.69) is 5.32 Å². The average Bonchev–Trinajstić information content (AvgIpc) is 3.02. The Balaban J connectivity index is 1.86. The van der Waals surface area contributed by atoms with E-state index < -0.39 is 28.5 Å². The van der Waals surface area contributed by atoms with Crippen molar-refractivity contribution in [3.63, 3.8) is 0 Å². The van der Waals surface area contributed by atoms with E-state index in [4.69, 9.17) is 4.74 Å². The molecule has 2 amide bonds. The van der Waals surface area contributed by atoms with Gasteiger partial charge in [0.05, 0.1) is 17.7 Å². The zero-order valence-electron chi connectivity index (χ0n) is 26.4. The smallest absolute Gasteiger partial charge is 0.264 e. The van der Waals surface area contributed by atoms with Gasteiger partial charge in [0.25, 0.3) is 10.0 Å². The van der Waals surface area contributed by atoms with Crippen LogP contribution in [0.15, 0.2) is 108 Å². The van der Waals surface area contributed by atoms with Gasteiger partial charge < -0.3 is 15.0 Å². The predicted octanol–water partition coefficient (Wildman–Crippen LogP) is 5.67. The summed E-state index contributed by atoms with van der Waals surface area (Å²) in [5, 5.41) is 2.98. The summed E-state index contributed by atoms with van der Waals surface area (Å²) in [6.45, 7) is 7.07. The highest BCUT2D eigenvalue weighted by molar-refractivity contribution is 7.92. The van der Waals surface area contributed by atoms with Gasteiger partial charge in [-0.2, -0.15) is 0 Å². The van der Waals surface area contributed by atoms with Crippen LogP contribution in [0.2, 0.25) is 0 Å². The van der Waals surface area contributed by atoms with Gasteiger partial charge in [-0.15, -0.1) is 0 Å². The molecule has 236 valence electrons. The molecule has 0 radical (unpaired) electrons. The predicted molar refractivity (Wildman–Crippen MR) is 178 cm³/mol. The van der Waals surface area contributed by atoms with E-state index in [-0.39, 0.29) is 35.5 Å². The van der Waals surface area contributed by atoms with Gasteiger partial charge in [0.1, 0.15) is 18.3 Å². The van der Waals surface area contributed by atoms with E-state index in [0.717, 1.165) is 26.6 Å². The largest absolute Gasteiger partial charge is 0.495 e. The maximum atomic E-state index is 14.6. The minimum Gasteiger partial charge on any atom is -0.495 e. The second-order valence-corrected chi connectivity index (χ2v) is 13.2. The number of amides is 2. The number of benzene rings is 4. The Bertz CT molecular complexity index is 1710. The Hall–Kier alpha value is -4.63. The number of ether oxygens (including phenoxy) is 1. The number of nitrogens with zero attached hydrogens (tertiary/aromatic N) is 2. The fourth-order valence-corrected chi connectivity index (χ4v) is 6.57. The number of anilines is 1. The lowest BCUT2D eigenvalue weighted by molar-refractivity contribution is -0.140. The lowest BCUT2D eigenvalue weighted by Crippen LogP contribution is -2.54. The maximum Gasteiger partial charge on any atom is 0.264 e. The van der Waals surface area contributed by atoms with Gasteiger partial charge in [-0.3, -0.25) is 13.9 Å². The minimum absolute atomic E-state index is 0.0326. The Kier molecular flexibility index (Phi) is 11.0. The molecule has 1 N–H and O–H groups in total. The van der Waals surface area contributed by atoms with Crippen LogP contribution in [0.3, 0.4) is 0 Å². The fourth-order valence-electron chi connectivity index (χ4n) is 5.13. The number of sulfonamides is 1. The number of nitrogens with one attached hydrogen (secondary N) is 1. The first-order chi connectivity index (χ1) is 21.5. The van der Waals surface area contributed by atoms with E-state index in [1.165, 1.54) is 24.1 Å². The van der Waals surface area contributed by atoms with Crippen molar-refractivity contribution in [2.75, 3.05) is 18.0 Å². The molecule has 4 aromatic carbocycles. The molecule has 4 rings (SSSR count). The van der Waals surface area contributed by atoms with E-state index in [1.807, 2.05) is 88.4 Å². The molecule has 0 saturated heterocycles. The monoisotopic (exact) mass is 627 g/mol. The number of methoxy groups -OCH3 is 1. The molecular weight excluding hydrogens is 586 g/mol. The van der Waals surface area contributed by atoms with Gasteiger partial charge in [0.15, 0.2) is 0 Å². The highest BCUT2D eigenvalue weighted by atomic mass is 32.2. The molecule has 9 heteroatoms. The summed E-state index contributed by atoms with van der Waals surface area (Å²) in [5.74, 6) is -0.542. The standard InChI is InChI=1S/C36H41N3O5S/c1-26(2)37-36(41)33(23-29-15-8-6-9-16-29)38(24-30-17-13-12-14-28(30)4)35(40)25-39(32-22-27(3)20-21-34(32)44-5)45(42,43)31-18-10-7-11-19-31/h6-22,26,33H,23-25H2,1-5H3,(H,37,41)/t33-/m1/s1. The molecule has 0 spiro atoms. The summed E-state index contributed by atoms with van der Waals surface area (Å²) in [4.78, 5) is 30.0. The second-order valence-electron chi connectivity index (χ2n) is 11.3. The lowest BCUT2D eigenvalue weighted by Gasteiger charge is -2.34. The molecule has 0 aromatic heterocycles. The molecule has 0 aliphatic carbocycles. The molecule has 0 aliphatic heterocycles. The molecule has 4 aromatic rings. The van der Waals surface area contributed by atoms with Gasteiger partial charge in [0.2, 0.25) is 11.8 Å². The summed E-state index contributed by atoms with van der Waals surface area (Å²) in [5.41, 5.74) is 3.70. The van der Waals surface area contributed by atoms with Crippen LogP contribution in [0, 0.1) is 13.8 Å². The van der Waals surface area contributed by atoms with Crippen molar-refractivity contribution >= 4 is 27.5 Å². The molecule has 0 unspecified atom stereocenters. The van der Waals surface area contributed by atoms with E-state index in [9.17, 15) is 18.0 Å². The number of carbonyl (C=O) groups excluding carboxylic acids is 2. The van der Waals surface area contributed by atoms with E-state index in [0.29, 0.717) is 5.75 Å². The minimum atomic E-state index is -4.23. The van der Waals surface area contributed by atoms with Gasteiger partial charge in [-0.1, -0.05) is 78.9 Å². The number of hydrogen-bond donors (Lipinski definition) is 1. The average molecular weight is 628 g/mol. The van der Waals surface area contributed by atoms with Crippen molar-refractivity contribution in [2.45, 2.75) is 57.6 Å². The summed E-state index contributed by atoms with van der Waals surface area (Å²) in [6.07, 6.45) is 0.246. The fraction of sp³-hybridized carbons (Fsp3) is 0.278. The Morgan fingerprint density at radius 1 is 0.844 bits per heavy atom. The zero-order chi connectivity index (χ0) is 32.6. The molecule has 0 aliphatic rings. The van der Waals surface area contributed by atoms with Crippen molar-refractivity contribution in [3.8, 4) is 5.75 Å². The quantitative estimate of drug-likeness (QED) is 0.206. The third-order valence-corrected chi connectivity index (χ3v) is 9.29. The Labute approximate surface area is 266 Å². The molecule has 45 heavy (non-hydrogen) atoms. The van der Waals surface area contributed by atoms with Crippen molar-refractivity contribution < 1.29 is 22.7 Å². The van der Waals surface area contributed by atoms with Crippen LogP contribution in [0.5, 0.6) is 5.75 Å². The normalized spacial score (nSPS) is 12.0. The number of aryl methyl sites for hydroxylation is 2. The summed E-state index contributed by atoms with van der Waals surface area (Å²) >= 11 is 0. The third-order valence-electron chi connectivity index (χ3n) is 7.52. The SMILES string of the molecule is COc1ccc(C)cc1N(CC(=O)N(Cc1ccccc1C)[C@H](Cc1ccccc1)C(=O)NC(C)C)S(=O)(=O)c1ccccc1. The first kappa shape index (κ1) is 33.3. The lowest BCUT2D eigenvalue weighted by atomic mass is 10.0. The molecule has 1 atom stereocenters. The first-order valence-corrected chi connectivity index (χ1v) is 16.4. The maximum absolute atomic E-state index is 14.6. The van der Waals surface area contributed by atoms with Crippen molar-refractivity contribution in [1.82, 2.24) is 10.2 Å². The van der Waals surface area contributed by atoms with Gasteiger partial charge in [0, 0.05) is 19.0 Å². The van der Waals surface area contributed by atoms with Crippen LogP contribution in [0.1, 0.15) is 36.1 Å². The van der Waals surface area contributed by atoms with Crippen LogP contribution < -0.4 is 14.4 Å². The first-order valence-electron chi connectivity index (χ1n) is 14.9. The highest BCUT2D eigenvalue weighted by Crippen LogP contribution is 2.34.